The summed E-state index contributed by atoms with van der Waals surface area (Å²) in [5.74, 6) is -0.269. The molecule has 1 aliphatic heterocycles. The van der Waals surface area contributed by atoms with Crippen molar-refractivity contribution in [1.29, 1.82) is 0 Å². The Balaban J connectivity index is 2.13. The van der Waals surface area contributed by atoms with Crippen LogP contribution in [-0.2, 0) is 18.3 Å². The molecular formula is C12H19N3O2. The molecule has 0 unspecified atom stereocenters. The van der Waals surface area contributed by atoms with Crippen LogP contribution in [0.2, 0.25) is 0 Å². The summed E-state index contributed by atoms with van der Waals surface area (Å²) in [7, 11) is 1.87. The highest BCUT2D eigenvalue weighted by atomic mass is 16.5. The summed E-state index contributed by atoms with van der Waals surface area (Å²) in [5, 5.41) is 4.15. The van der Waals surface area contributed by atoms with Gasteiger partial charge in [0.25, 0.3) is 0 Å². The average molecular weight is 237 g/mol. The van der Waals surface area contributed by atoms with Gasteiger partial charge in [-0.2, -0.15) is 5.10 Å². The van der Waals surface area contributed by atoms with Gasteiger partial charge in [0.2, 0.25) is 0 Å². The monoisotopic (exact) mass is 237 g/mol. The van der Waals surface area contributed by atoms with Gasteiger partial charge in [0.15, 0.2) is 0 Å². The number of carbonyl (C=O) groups is 1. The molecule has 0 atom stereocenters. The van der Waals surface area contributed by atoms with Crippen LogP contribution < -0.4 is 0 Å². The van der Waals surface area contributed by atoms with Crippen molar-refractivity contribution >= 4 is 5.97 Å². The molecule has 0 aliphatic carbocycles. The molecule has 1 aromatic heterocycles. The van der Waals surface area contributed by atoms with E-state index in [4.69, 9.17) is 4.74 Å². The van der Waals surface area contributed by atoms with Gasteiger partial charge in [-0.1, -0.05) is 0 Å². The van der Waals surface area contributed by atoms with E-state index >= 15 is 0 Å². The van der Waals surface area contributed by atoms with Crippen LogP contribution in [0.15, 0.2) is 6.20 Å². The minimum atomic E-state index is -0.269. The number of ether oxygens (including phenoxy) is 1. The number of carbonyl (C=O) groups excluding carboxylic acids is 1. The Morgan fingerprint density at radius 2 is 2.18 bits per heavy atom. The van der Waals surface area contributed by atoms with E-state index in [-0.39, 0.29) is 5.97 Å². The lowest BCUT2D eigenvalue weighted by Crippen LogP contribution is -2.22. The summed E-state index contributed by atoms with van der Waals surface area (Å²) < 4.78 is 6.80. The topological polar surface area (TPSA) is 47.4 Å². The van der Waals surface area contributed by atoms with Crippen LogP contribution in [0.4, 0.5) is 0 Å². The van der Waals surface area contributed by atoms with Crippen molar-refractivity contribution < 1.29 is 9.53 Å². The number of hydrogen-bond donors (Lipinski definition) is 0. The van der Waals surface area contributed by atoms with Gasteiger partial charge in [-0.25, -0.2) is 4.79 Å². The van der Waals surface area contributed by atoms with Gasteiger partial charge in [-0.15, -0.1) is 0 Å². The molecule has 5 nitrogen and oxygen atoms in total. The second-order valence-electron chi connectivity index (χ2n) is 4.33. The molecule has 0 radical (unpaired) electrons. The largest absolute Gasteiger partial charge is 0.462 e. The van der Waals surface area contributed by atoms with E-state index in [9.17, 15) is 4.79 Å². The molecule has 17 heavy (non-hydrogen) atoms. The number of aryl methyl sites for hydroxylation is 1. The number of rotatable bonds is 4. The maximum Gasteiger partial charge on any atom is 0.341 e. The summed E-state index contributed by atoms with van der Waals surface area (Å²) in [6.07, 6.45) is 4.09. The Morgan fingerprint density at radius 1 is 1.47 bits per heavy atom. The van der Waals surface area contributed by atoms with E-state index in [1.54, 1.807) is 10.9 Å². The van der Waals surface area contributed by atoms with E-state index in [1.165, 1.54) is 12.8 Å². The molecule has 0 saturated carbocycles. The van der Waals surface area contributed by atoms with Gasteiger partial charge in [0.1, 0.15) is 5.56 Å². The highest BCUT2D eigenvalue weighted by Crippen LogP contribution is 2.16. The molecule has 2 rings (SSSR count). The minimum absolute atomic E-state index is 0.269. The molecule has 0 bridgehead atoms. The quantitative estimate of drug-likeness (QED) is 0.738. The normalized spacial score (nSPS) is 16.4. The highest BCUT2D eigenvalue weighted by molar-refractivity contribution is 5.90. The van der Waals surface area contributed by atoms with Crippen LogP contribution in [0.5, 0.6) is 0 Å². The molecule has 0 spiro atoms. The first-order valence-electron chi connectivity index (χ1n) is 6.12. The Morgan fingerprint density at radius 3 is 2.82 bits per heavy atom. The summed E-state index contributed by atoms with van der Waals surface area (Å²) in [4.78, 5) is 14.1. The fourth-order valence-corrected chi connectivity index (χ4v) is 2.18. The van der Waals surface area contributed by atoms with Crippen molar-refractivity contribution in [2.24, 2.45) is 7.05 Å². The van der Waals surface area contributed by atoms with Crippen LogP contribution >= 0.6 is 0 Å². The Bertz CT molecular complexity index is 394. The maximum atomic E-state index is 11.8. The molecule has 1 saturated heterocycles. The fraction of sp³-hybridized carbons (Fsp3) is 0.667. The number of likely N-dealkylation sites (tertiary alicyclic amines) is 1. The predicted molar refractivity (Wildman–Crippen MR) is 63.7 cm³/mol. The maximum absolute atomic E-state index is 11.8. The van der Waals surface area contributed by atoms with Crippen molar-refractivity contribution in [1.82, 2.24) is 14.7 Å². The SMILES string of the molecule is CCOC(=O)c1cnn(C)c1CN1CCCC1. The first-order valence-corrected chi connectivity index (χ1v) is 6.12. The predicted octanol–water partition coefficient (Wildman–Crippen LogP) is 1.19. The first kappa shape index (κ1) is 12.1. The smallest absolute Gasteiger partial charge is 0.341 e. The summed E-state index contributed by atoms with van der Waals surface area (Å²) >= 11 is 0. The van der Waals surface area contributed by atoms with Crippen LogP contribution in [0.1, 0.15) is 35.8 Å². The molecule has 0 aromatic carbocycles. The third-order valence-electron chi connectivity index (χ3n) is 3.13. The zero-order valence-electron chi connectivity index (χ0n) is 10.5. The lowest BCUT2D eigenvalue weighted by Gasteiger charge is -2.15. The zero-order chi connectivity index (χ0) is 12.3. The van der Waals surface area contributed by atoms with Crippen molar-refractivity contribution in [3.05, 3.63) is 17.5 Å². The number of aromatic nitrogens is 2. The van der Waals surface area contributed by atoms with Crippen LogP contribution in [-0.4, -0.2) is 40.3 Å². The lowest BCUT2D eigenvalue weighted by molar-refractivity contribution is 0.0524. The van der Waals surface area contributed by atoms with Gasteiger partial charge >= 0.3 is 5.97 Å². The number of hydrogen-bond acceptors (Lipinski definition) is 4. The average Bonchev–Trinajstić information content (AvgIpc) is 2.91. The minimum Gasteiger partial charge on any atom is -0.462 e. The van der Waals surface area contributed by atoms with Gasteiger partial charge in [-0.3, -0.25) is 9.58 Å². The molecular weight excluding hydrogens is 218 g/mol. The van der Waals surface area contributed by atoms with Gasteiger partial charge in [0, 0.05) is 13.6 Å². The molecule has 2 heterocycles. The van der Waals surface area contributed by atoms with Gasteiger partial charge < -0.3 is 4.74 Å². The second-order valence-corrected chi connectivity index (χ2v) is 4.33. The van der Waals surface area contributed by atoms with Crippen molar-refractivity contribution in [2.75, 3.05) is 19.7 Å². The Kier molecular flexibility index (Phi) is 3.78. The molecule has 1 fully saturated rings. The second kappa shape index (κ2) is 5.31. The number of nitrogens with zero attached hydrogens (tertiary/aromatic N) is 3. The molecule has 1 aromatic rings. The third kappa shape index (κ3) is 2.66. The Hall–Kier alpha value is -1.36. The summed E-state index contributed by atoms with van der Waals surface area (Å²) in [5.41, 5.74) is 1.55. The van der Waals surface area contributed by atoms with Crippen LogP contribution in [0.25, 0.3) is 0 Å². The van der Waals surface area contributed by atoms with Gasteiger partial charge in [0.05, 0.1) is 18.5 Å². The van der Waals surface area contributed by atoms with Crippen LogP contribution in [0, 0.1) is 0 Å². The van der Waals surface area contributed by atoms with Crippen molar-refractivity contribution in [2.45, 2.75) is 26.3 Å². The molecule has 1 aliphatic rings. The van der Waals surface area contributed by atoms with E-state index < -0.39 is 0 Å². The van der Waals surface area contributed by atoms with Crippen molar-refractivity contribution in [3.8, 4) is 0 Å². The van der Waals surface area contributed by atoms with E-state index in [0.717, 1.165) is 25.3 Å². The van der Waals surface area contributed by atoms with Crippen molar-refractivity contribution in [3.63, 3.8) is 0 Å². The third-order valence-corrected chi connectivity index (χ3v) is 3.13. The Labute approximate surface area is 101 Å². The van der Waals surface area contributed by atoms with Gasteiger partial charge in [-0.05, 0) is 32.9 Å². The summed E-state index contributed by atoms with van der Waals surface area (Å²) in [6, 6.07) is 0. The lowest BCUT2D eigenvalue weighted by atomic mass is 10.2. The zero-order valence-corrected chi connectivity index (χ0v) is 10.5. The fourth-order valence-electron chi connectivity index (χ4n) is 2.18. The van der Waals surface area contributed by atoms with Crippen LogP contribution in [0.3, 0.4) is 0 Å². The highest BCUT2D eigenvalue weighted by Gasteiger charge is 2.20. The molecule has 94 valence electrons. The van der Waals surface area contributed by atoms with E-state index in [0.29, 0.717) is 12.2 Å². The standard InChI is InChI=1S/C12H19N3O2/c1-3-17-12(16)10-8-13-14(2)11(10)9-15-6-4-5-7-15/h8H,3-7,9H2,1-2H3. The summed E-state index contributed by atoms with van der Waals surface area (Å²) in [6.45, 7) is 5.21. The molecule has 0 amide bonds. The molecule has 5 heteroatoms. The first-order chi connectivity index (χ1) is 8.22. The number of esters is 1. The molecule has 0 N–H and O–H groups in total. The van der Waals surface area contributed by atoms with E-state index in [2.05, 4.69) is 10.00 Å². The van der Waals surface area contributed by atoms with E-state index in [1.807, 2.05) is 14.0 Å².